The van der Waals surface area contributed by atoms with Crippen LogP contribution in [0.25, 0.3) is 21.3 Å². The Morgan fingerprint density at radius 1 is 1.06 bits per heavy atom. The van der Waals surface area contributed by atoms with Crippen molar-refractivity contribution < 1.29 is 14.3 Å². The Kier molecular flexibility index (Phi) is 7.12. The number of benzene rings is 2. The van der Waals surface area contributed by atoms with Crippen molar-refractivity contribution in [3.05, 3.63) is 59.7 Å². The molecule has 0 saturated heterocycles. The third-order valence-electron chi connectivity index (χ3n) is 4.47. The fourth-order valence-corrected chi connectivity index (χ4v) is 4.12. The van der Waals surface area contributed by atoms with Gasteiger partial charge in [-0.3, -0.25) is 0 Å². The second kappa shape index (κ2) is 10.2. The van der Waals surface area contributed by atoms with Gasteiger partial charge in [0.05, 0.1) is 12.5 Å². The number of rotatable bonds is 4. The first kappa shape index (κ1) is 22.4. The van der Waals surface area contributed by atoms with Gasteiger partial charge in [0.2, 0.25) is 6.08 Å². The molecule has 4 aromatic rings. The zero-order valence-electron chi connectivity index (χ0n) is 17.3. The highest BCUT2D eigenvalue weighted by Gasteiger charge is 2.15. The number of amides is 2. The average Bonchev–Trinajstić information content (AvgIpc) is 3.12. The van der Waals surface area contributed by atoms with Crippen molar-refractivity contribution in [2.24, 2.45) is 0 Å². The Morgan fingerprint density at radius 3 is 2.19 bits per heavy atom. The molecule has 0 saturated carbocycles. The maximum absolute atomic E-state index is 12.2. The maximum atomic E-state index is 12.2. The first-order chi connectivity index (χ1) is 15.5. The molecular formula is C22H20N6O3S. The molecule has 162 valence electrons. The van der Waals surface area contributed by atoms with Crippen LogP contribution in [0.3, 0.4) is 0 Å². The summed E-state index contributed by atoms with van der Waals surface area (Å²) < 4.78 is 5.11. The summed E-state index contributed by atoms with van der Waals surface area (Å²) in [5.74, 6) is 1.20. The molecule has 0 aliphatic carbocycles. The number of ether oxygens (including phenoxy) is 1. The van der Waals surface area contributed by atoms with Crippen LogP contribution in [0.15, 0.2) is 54.9 Å². The first-order valence-corrected chi connectivity index (χ1v) is 10.1. The summed E-state index contributed by atoms with van der Waals surface area (Å²) in [6, 6.07) is 14.4. The molecule has 2 amide bonds. The predicted molar refractivity (Wildman–Crippen MR) is 126 cm³/mol. The largest absolute Gasteiger partial charge is 0.497 e. The minimum atomic E-state index is -0.322. The highest BCUT2D eigenvalue weighted by molar-refractivity contribution is 7.19. The molecule has 0 atom stereocenters. The standard InChI is InChI=1S/C21H19N5O2S.CHNO/c1-12-17(18-19(22)23-11-24-20(18)29-12)13-3-5-14(6-4-13)25-21(27)26-15-7-9-16(28-2)10-8-15;2-1-3/h3-11H,1-2H3,(H2,22,23,24)(H2,25,26,27);2H. The van der Waals surface area contributed by atoms with Crippen LogP contribution in [0.2, 0.25) is 0 Å². The molecule has 2 aromatic heterocycles. The highest BCUT2D eigenvalue weighted by atomic mass is 32.1. The summed E-state index contributed by atoms with van der Waals surface area (Å²) in [6.45, 7) is 2.04. The van der Waals surface area contributed by atoms with E-state index in [-0.39, 0.29) is 6.03 Å². The van der Waals surface area contributed by atoms with Crippen molar-refractivity contribution in [1.82, 2.24) is 9.97 Å². The minimum Gasteiger partial charge on any atom is -0.497 e. The topological polar surface area (TPSA) is 143 Å². The zero-order valence-corrected chi connectivity index (χ0v) is 18.1. The lowest BCUT2D eigenvalue weighted by molar-refractivity contribution is 0.262. The number of carbonyl (C=O) groups is 1. The molecule has 0 unspecified atom stereocenters. The number of aromatic nitrogens is 2. The van der Waals surface area contributed by atoms with E-state index in [1.807, 2.05) is 31.2 Å². The number of anilines is 3. The number of nitrogen functional groups attached to an aromatic ring is 1. The summed E-state index contributed by atoms with van der Waals surface area (Å²) in [7, 11) is 1.60. The second-order valence-corrected chi connectivity index (χ2v) is 7.66. The molecule has 2 heterocycles. The quantitative estimate of drug-likeness (QED) is 0.261. The van der Waals surface area contributed by atoms with Gasteiger partial charge in [0.25, 0.3) is 0 Å². The van der Waals surface area contributed by atoms with E-state index in [0.717, 1.165) is 38.1 Å². The Hall–Kier alpha value is -4.27. The van der Waals surface area contributed by atoms with E-state index in [9.17, 15) is 4.79 Å². The number of hydrogen-bond acceptors (Lipinski definition) is 8. The van der Waals surface area contributed by atoms with E-state index in [1.54, 1.807) is 42.7 Å². The molecule has 0 fully saturated rings. The van der Waals surface area contributed by atoms with Crippen LogP contribution in [-0.2, 0) is 4.79 Å². The Balaban J connectivity index is 0.000000913. The molecule has 0 aliphatic heterocycles. The third-order valence-corrected chi connectivity index (χ3v) is 5.49. The molecule has 2 aromatic carbocycles. The zero-order chi connectivity index (χ0) is 23.1. The van der Waals surface area contributed by atoms with Crippen molar-refractivity contribution in [2.45, 2.75) is 6.92 Å². The number of nitrogens with zero attached hydrogens (tertiary/aromatic N) is 2. The smallest absolute Gasteiger partial charge is 0.323 e. The molecule has 32 heavy (non-hydrogen) atoms. The lowest BCUT2D eigenvalue weighted by atomic mass is 10.0. The van der Waals surface area contributed by atoms with E-state index < -0.39 is 0 Å². The van der Waals surface area contributed by atoms with Crippen LogP contribution >= 0.6 is 11.3 Å². The molecule has 10 heteroatoms. The Morgan fingerprint density at radius 2 is 1.62 bits per heavy atom. The molecule has 0 radical (unpaired) electrons. The predicted octanol–water partition coefficient (Wildman–Crippen LogP) is 4.80. The SMILES string of the molecule is COc1ccc(NC(=O)Nc2ccc(-c3c(C)sc4ncnc(N)c34)cc2)cc1.N=C=O. The monoisotopic (exact) mass is 448 g/mol. The van der Waals surface area contributed by atoms with E-state index in [0.29, 0.717) is 17.2 Å². The first-order valence-electron chi connectivity index (χ1n) is 9.32. The van der Waals surface area contributed by atoms with Gasteiger partial charge in [-0.2, -0.15) is 0 Å². The number of nitrogens with two attached hydrogens (primary N) is 1. The molecule has 4 rings (SSSR count). The van der Waals surface area contributed by atoms with Crippen molar-refractivity contribution in [1.29, 1.82) is 5.41 Å². The van der Waals surface area contributed by atoms with Crippen molar-refractivity contribution in [3.8, 4) is 16.9 Å². The fourth-order valence-electron chi connectivity index (χ4n) is 3.10. The van der Waals surface area contributed by atoms with Gasteiger partial charge in [0.15, 0.2) is 0 Å². The molecular weight excluding hydrogens is 428 g/mol. The number of urea groups is 1. The van der Waals surface area contributed by atoms with Gasteiger partial charge >= 0.3 is 6.03 Å². The van der Waals surface area contributed by atoms with E-state index in [1.165, 1.54) is 6.33 Å². The normalized spacial score (nSPS) is 9.94. The molecule has 0 aliphatic rings. The number of methoxy groups -OCH3 is 1. The van der Waals surface area contributed by atoms with Gasteiger partial charge in [0.1, 0.15) is 22.7 Å². The Labute approximate surface area is 187 Å². The highest BCUT2D eigenvalue weighted by Crippen LogP contribution is 2.39. The number of aryl methyl sites for hydroxylation is 1. The van der Waals surface area contributed by atoms with Gasteiger partial charge in [0, 0.05) is 21.8 Å². The number of isocyanates is 1. The summed E-state index contributed by atoms with van der Waals surface area (Å²) in [5, 5.41) is 11.9. The van der Waals surface area contributed by atoms with Crippen molar-refractivity contribution in [2.75, 3.05) is 23.5 Å². The van der Waals surface area contributed by atoms with Crippen LogP contribution < -0.4 is 21.1 Å². The molecule has 0 spiro atoms. The Bertz CT molecular complexity index is 1260. The molecule has 0 bridgehead atoms. The van der Waals surface area contributed by atoms with Gasteiger partial charge in [-0.25, -0.2) is 25.0 Å². The lowest BCUT2D eigenvalue weighted by Crippen LogP contribution is -2.19. The maximum Gasteiger partial charge on any atom is 0.323 e. The lowest BCUT2D eigenvalue weighted by Gasteiger charge is -2.09. The summed E-state index contributed by atoms with van der Waals surface area (Å²) >= 11 is 1.59. The minimum absolute atomic E-state index is 0.322. The van der Waals surface area contributed by atoms with Gasteiger partial charge < -0.3 is 21.1 Å². The van der Waals surface area contributed by atoms with Crippen molar-refractivity contribution >= 4 is 50.9 Å². The van der Waals surface area contributed by atoms with Crippen LogP contribution in [-0.4, -0.2) is 29.2 Å². The average molecular weight is 449 g/mol. The third kappa shape index (κ3) is 5.07. The number of hydrogen-bond donors (Lipinski definition) is 4. The summed E-state index contributed by atoms with van der Waals surface area (Å²) in [6.07, 6.45) is 2.23. The fraction of sp³-hybridized carbons (Fsp3) is 0.0909. The van der Waals surface area contributed by atoms with Crippen LogP contribution in [0, 0.1) is 12.3 Å². The second-order valence-electron chi connectivity index (χ2n) is 6.46. The van der Waals surface area contributed by atoms with Crippen LogP contribution in [0.5, 0.6) is 5.75 Å². The van der Waals surface area contributed by atoms with E-state index in [2.05, 4.69) is 20.6 Å². The summed E-state index contributed by atoms with van der Waals surface area (Å²) in [5.41, 5.74) is 9.46. The van der Waals surface area contributed by atoms with Crippen molar-refractivity contribution in [3.63, 3.8) is 0 Å². The molecule has 9 nitrogen and oxygen atoms in total. The number of thiophene rings is 1. The summed E-state index contributed by atoms with van der Waals surface area (Å²) in [4.78, 5) is 31.0. The number of fused-ring (bicyclic) bond motifs is 1. The molecule has 5 N–H and O–H groups in total. The van der Waals surface area contributed by atoms with Crippen LogP contribution in [0.4, 0.5) is 22.0 Å². The van der Waals surface area contributed by atoms with Crippen LogP contribution in [0.1, 0.15) is 4.88 Å². The number of nitrogens with one attached hydrogen (secondary N) is 3. The van der Waals surface area contributed by atoms with E-state index in [4.69, 9.17) is 20.7 Å². The number of carbonyl (C=O) groups excluding carboxylic acids is 2. The van der Waals surface area contributed by atoms with Gasteiger partial charge in [-0.15, -0.1) is 11.3 Å². The van der Waals surface area contributed by atoms with Gasteiger partial charge in [-0.05, 0) is 48.9 Å². The van der Waals surface area contributed by atoms with Gasteiger partial charge in [-0.1, -0.05) is 12.1 Å². The van der Waals surface area contributed by atoms with E-state index >= 15 is 0 Å².